The van der Waals surface area contributed by atoms with Crippen LogP contribution in [0.25, 0.3) is 0 Å². The van der Waals surface area contributed by atoms with Gasteiger partial charge in [0, 0.05) is 17.6 Å². The molecule has 38 heavy (non-hydrogen) atoms. The lowest BCUT2D eigenvalue weighted by molar-refractivity contribution is -0.238. The number of thioether (sulfide) groups is 1. The SMILES string of the molecule is CO/N=C(/C(=O)NC1C(=O)N2C(C(=O)OCCC(OC(C)(C)C)OC(C)(C)C)=CCSC12)c1csc(N)n1. The summed E-state index contributed by atoms with van der Waals surface area (Å²) in [6.45, 7) is 11.6. The van der Waals surface area contributed by atoms with Crippen LogP contribution in [0.5, 0.6) is 0 Å². The molecule has 12 nitrogen and oxygen atoms in total. The van der Waals surface area contributed by atoms with Gasteiger partial charge in [-0.3, -0.25) is 14.5 Å². The fourth-order valence-corrected chi connectivity index (χ4v) is 5.43. The lowest BCUT2D eigenvalue weighted by Crippen LogP contribution is -2.70. The number of esters is 1. The number of nitrogen functional groups attached to an aromatic ring is 1. The Morgan fingerprint density at radius 3 is 2.45 bits per heavy atom. The fraction of sp³-hybridized carbons (Fsp3) is 0.625. The number of anilines is 1. The molecule has 2 aliphatic rings. The molecule has 3 N–H and O–H groups in total. The number of ether oxygens (including phenoxy) is 3. The molecule has 1 saturated heterocycles. The van der Waals surface area contributed by atoms with Gasteiger partial charge in [0.05, 0.1) is 17.8 Å². The number of fused-ring (bicyclic) bond motifs is 1. The minimum absolute atomic E-state index is 0.0423. The average Bonchev–Trinajstić information content (AvgIpc) is 3.23. The van der Waals surface area contributed by atoms with Crippen molar-refractivity contribution in [1.29, 1.82) is 0 Å². The zero-order valence-corrected chi connectivity index (χ0v) is 24.2. The number of hydrogen-bond donors (Lipinski definition) is 2. The Kier molecular flexibility index (Phi) is 9.44. The molecule has 0 aromatic carbocycles. The zero-order valence-electron chi connectivity index (χ0n) is 22.6. The Morgan fingerprint density at radius 1 is 1.24 bits per heavy atom. The van der Waals surface area contributed by atoms with Crippen LogP contribution >= 0.6 is 23.1 Å². The summed E-state index contributed by atoms with van der Waals surface area (Å²) in [5.74, 6) is -1.23. The van der Waals surface area contributed by atoms with E-state index in [1.165, 1.54) is 23.8 Å². The molecule has 3 rings (SSSR count). The Bertz CT molecular complexity index is 1090. The Hall–Kier alpha value is -2.68. The van der Waals surface area contributed by atoms with E-state index in [1.54, 1.807) is 11.5 Å². The van der Waals surface area contributed by atoms with Gasteiger partial charge in [-0.05, 0) is 47.6 Å². The normalized spacial score (nSPS) is 20.0. The minimum Gasteiger partial charge on any atom is -0.461 e. The van der Waals surface area contributed by atoms with E-state index in [4.69, 9.17) is 24.8 Å². The summed E-state index contributed by atoms with van der Waals surface area (Å²) in [5, 5.41) is 7.77. The van der Waals surface area contributed by atoms with Crippen LogP contribution in [0.2, 0.25) is 0 Å². The number of β-lactam (4-membered cyclic amide) rings is 1. The number of nitrogens with two attached hydrogens (primary N) is 1. The van der Waals surface area contributed by atoms with E-state index in [0.29, 0.717) is 12.2 Å². The van der Waals surface area contributed by atoms with Gasteiger partial charge < -0.3 is 30.1 Å². The maximum absolute atomic E-state index is 13.0. The molecule has 0 bridgehead atoms. The van der Waals surface area contributed by atoms with E-state index >= 15 is 0 Å². The topological polar surface area (TPSA) is 155 Å². The standard InChI is InChI=1S/C24H35N5O7S2/c1-23(2,3)35-15(36-24(4,5)6)8-10-34-21(32)14-9-11-37-20-17(19(31)29(14)20)27-18(30)16(28-33-7)13-12-38-22(25)26-13/h9,12,15,17,20H,8,10-11H2,1-7H3,(H2,25,26)(H,27,30)/b28-16+. The first kappa shape index (κ1) is 29.9. The van der Waals surface area contributed by atoms with Gasteiger partial charge in [-0.15, -0.1) is 23.1 Å². The first-order chi connectivity index (χ1) is 17.7. The smallest absolute Gasteiger partial charge is 0.354 e. The quantitative estimate of drug-likeness (QED) is 0.141. The van der Waals surface area contributed by atoms with Gasteiger partial charge in [-0.1, -0.05) is 5.16 Å². The molecule has 0 spiro atoms. The molecule has 2 atom stereocenters. The summed E-state index contributed by atoms with van der Waals surface area (Å²) in [4.78, 5) is 48.9. The van der Waals surface area contributed by atoms with Gasteiger partial charge in [0.1, 0.15) is 29.9 Å². The van der Waals surface area contributed by atoms with E-state index < -0.39 is 46.7 Å². The maximum Gasteiger partial charge on any atom is 0.354 e. The summed E-state index contributed by atoms with van der Waals surface area (Å²) in [5.41, 5.74) is 5.05. The molecule has 3 heterocycles. The summed E-state index contributed by atoms with van der Waals surface area (Å²) >= 11 is 2.56. The van der Waals surface area contributed by atoms with Gasteiger partial charge in [0.2, 0.25) is 0 Å². The number of carbonyl (C=O) groups excluding carboxylic acids is 3. The number of nitrogens with zero attached hydrogens (tertiary/aromatic N) is 3. The van der Waals surface area contributed by atoms with Crippen LogP contribution < -0.4 is 11.1 Å². The number of carbonyl (C=O) groups is 3. The van der Waals surface area contributed by atoms with Gasteiger partial charge in [0.25, 0.3) is 11.8 Å². The third kappa shape index (κ3) is 7.68. The summed E-state index contributed by atoms with van der Waals surface area (Å²) < 4.78 is 17.4. The van der Waals surface area contributed by atoms with Crippen molar-refractivity contribution in [3.8, 4) is 0 Å². The van der Waals surface area contributed by atoms with Crippen LogP contribution in [0.1, 0.15) is 53.7 Å². The summed E-state index contributed by atoms with van der Waals surface area (Å²) in [6, 6.07) is -0.855. The van der Waals surface area contributed by atoms with Gasteiger partial charge >= 0.3 is 5.97 Å². The molecule has 2 amide bonds. The van der Waals surface area contributed by atoms with Crippen molar-refractivity contribution in [3.63, 3.8) is 0 Å². The van der Waals surface area contributed by atoms with Crippen molar-refractivity contribution in [1.82, 2.24) is 15.2 Å². The van der Waals surface area contributed by atoms with Crippen molar-refractivity contribution in [2.75, 3.05) is 25.2 Å². The second kappa shape index (κ2) is 12.0. The monoisotopic (exact) mass is 569 g/mol. The molecule has 0 saturated carbocycles. The van der Waals surface area contributed by atoms with Crippen molar-refractivity contribution >= 4 is 51.7 Å². The Balaban J connectivity index is 1.59. The molecular formula is C24H35N5O7S2. The van der Waals surface area contributed by atoms with Crippen LogP contribution in [0, 0.1) is 0 Å². The largest absolute Gasteiger partial charge is 0.461 e. The first-order valence-electron chi connectivity index (χ1n) is 12.0. The highest BCUT2D eigenvalue weighted by molar-refractivity contribution is 8.00. The van der Waals surface area contributed by atoms with Crippen molar-refractivity contribution in [2.24, 2.45) is 5.16 Å². The molecule has 1 aromatic heterocycles. The van der Waals surface area contributed by atoms with E-state index in [9.17, 15) is 14.4 Å². The summed E-state index contributed by atoms with van der Waals surface area (Å²) in [7, 11) is 1.30. The van der Waals surface area contributed by atoms with Crippen LogP contribution in [0.3, 0.4) is 0 Å². The van der Waals surface area contributed by atoms with Crippen LogP contribution in [0.4, 0.5) is 5.13 Å². The predicted octanol–water partition coefficient (Wildman–Crippen LogP) is 2.25. The second-order valence-electron chi connectivity index (χ2n) is 10.5. The number of amides is 2. The summed E-state index contributed by atoms with van der Waals surface area (Å²) in [6.07, 6.45) is 1.39. The van der Waals surface area contributed by atoms with E-state index in [-0.39, 0.29) is 28.8 Å². The molecule has 1 aromatic rings. The van der Waals surface area contributed by atoms with E-state index in [1.807, 2.05) is 41.5 Å². The number of nitrogens with one attached hydrogen (secondary N) is 1. The lowest BCUT2D eigenvalue weighted by atomic mass is 10.0. The number of rotatable bonds is 10. The molecule has 2 unspecified atom stereocenters. The average molecular weight is 570 g/mol. The fourth-order valence-electron chi connectivity index (χ4n) is 3.68. The van der Waals surface area contributed by atoms with Crippen molar-refractivity contribution < 1.29 is 33.4 Å². The maximum atomic E-state index is 13.0. The van der Waals surface area contributed by atoms with E-state index in [2.05, 4.69) is 15.5 Å². The third-order valence-corrected chi connectivity index (χ3v) is 6.92. The van der Waals surface area contributed by atoms with Crippen LogP contribution in [-0.4, -0.2) is 81.8 Å². The molecule has 14 heteroatoms. The zero-order chi connectivity index (χ0) is 28.3. The number of hydrogen-bond acceptors (Lipinski definition) is 12. The minimum atomic E-state index is -0.855. The number of aromatic nitrogens is 1. The molecule has 0 radical (unpaired) electrons. The first-order valence-corrected chi connectivity index (χ1v) is 13.9. The second-order valence-corrected chi connectivity index (χ2v) is 12.5. The Morgan fingerprint density at radius 2 is 1.89 bits per heavy atom. The van der Waals surface area contributed by atoms with Gasteiger partial charge in [-0.2, -0.15) is 0 Å². The van der Waals surface area contributed by atoms with Crippen LogP contribution in [-0.2, 0) is 33.4 Å². The highest BCUT2D eigenvalue weighted by atomic mass is 32.2. The Labute approximate surface area is 230 Å². The van der Waals surface area contributed by atoms with Gasteiger partial charge in [0.15, 0.2) is 17.1 Å². The molecular weight excluding hydrogens is 534 g/mol. The highest BCUT2D eigenvalue weighted by Gasteiger charge is 2.53. The number of thiazole rings is 1. The predicted molar refractivity (Wildman–Crippen MR) is 144 cm³/mol. The van der Waals surface area contributed by atoms with E-state index in [0.717, 1.165) is 11.3 Å². The lowest BCUT2D eigenvalue weighted by Gasteiger charge is -2.48. The molecule has 0 aliphatic carbocycles. The molecule has 2 aliphatic heterocycles. The number of oxime groups is 1. The van der Waals surface area contributed by atoms with Crippen LogP contribution in [0.15, 0.2) is 22.3 Å². The third-order valence-electron chi connectivity index (χ3n) is 5.06. The molecule has 1 fully saturated rings. The van der Waals surface area contributed by atoms with Gasteiger partial charge in [-0.25, -0.2) is 9.78 Å². The highest BCUT2D eigenvalue weighted by Crippen LogP contribution is 2.38. The van der Waals surface area contributed by atoms with Crippen molar-refractivity contribution in [2.45, 2.75) is 76.9 Å². The molecule has 210 valence electrons. The van der Waals surface area contributed by atoms with Crippen molar-refractivity contribution in [3.05, 3.63) is 22.8 Å².